The second kappa shape index (κ2) is 14.4. The van der Waals surface area contributed by atoms with Crippen LogP contribution in [0.2, 0.25) is 0 Å². The van der Waals surface area contributed by atoms with Crippen molar-refractivity contribution in [2.45, 2.75) is 79.1 Å². The molecule has 0 aliphatic rings. The molecule has 4 aromatic rings. The average molecular weight is 595 g/mol. The minimum absolute atomic E-state index is 0.221. The topological polar surface area (TPSA) is 88.1 Å². The van der Waals surface area contributed by atoms with E-state index >= 15 is 0 Å². The van der Waals surface area contributed by atoms with Crippen LogP contribution in [0, 0.1) is 12.8 Å². The van der Waals surface area contributed by atoms with Gasteiger partial charge in [-0.3, -0.25) is 4.99 Å². The molecule has 0 fully saturated rings. The Morgan fingerprint density at radius 1 is 1.05 bits per heavy atom. The Bertz CT molecular complexity index is 1660. The monoisotopic (exact) mass is 594 g/mol. The SMILES string of the molecule is C=NC(=C/CC(C)(C)c1ccc2oc(-c3ccc(O)c(CCCC)c3)nc2c1)/C(=C\C(C)C)OCCc1ccc(O)c(C)c1. The lowest BCUT2D eigenvalue weighted by molar-refractivity contribution is 0.220. The van der Waals surface area contributed by atoms with E-state index < -0.39 is 0 Å². The quantitative estimate of drug-likeness (QED) is 0.0862. The summed E-state index contributed by atoms with van der Waals surface area (Å²) >= 11 is 0. The van der Waals surface area contributed by atoms with Gasteiger partial charge in [0.1, 0.15) is 22.8 Å². The number of phenolic OH excluding ortho intramolecular Hbond substituents is 2. The van der Waals surface area contributed by atoms with Crippen LogP contribution in [-0.4, -0.2) is 28.5 Å². The Hall–Kier alpha value is -4.32. The number of hydrogen-bond donors (Lipinski definition) is 2. The van der Waals surface area contributed by atoms with Crippen LogP contribution in [-0.2, 0) is 23.0 Å². The summed E-state index contributed by atoms with van der Waals surface area (Å²) in [6.07, 6.45) is 8.51. The Balaban J connectivity index is 1.51. The fourth-order valence-electron chi connectivity index (χ4n) is 5.13. The zero-order chi connectivity index (χ0) is 31.9. The fraction of sp³-hybridized carbons (Fsp3) is 0.368. The number of unbranched alkanes of at least 4 members (excludes halogenated alkanes) is 1. The molecule has 0 aliphatic carbocycles. The molecular formula is C38H46N2O4. The third kappa shape index (κ3) is 8.19. The first-order valence-electron chi connectivity index (χ1n) is 15.5. The zero-order valence-corrected chi connectivity index (χ0v) is 27.0. The third-order valence-corrected chi connectivity index (χ3v) is 7.92. The molecule has 6 heteroatoms. The molecule has 4 rings (SSSR count). The van der Waals surface area contributed by atoms with Crippen molar-refractivity contribution < 1.29 is 19.4 Å². The number of benzene rings is 3. The lowest BCUT2D eigenvalue weighted by atomic mass is 9.81. The van der Waals surface area contributed by atoms with Crippen molar-refractivity contribution >= 4 is 17.8 Å². The second-order valence-corrected chi connectivity index (χ2v) is 12.5. The predicted molar refractivity (Wildman–Crippen MR) is 180 cm³/mol. The molecule has 0 saturated carbocycles. The van der Waals surface area contributed by atoms with Gasteiger partial charge in [-0.15, -0.1) is 0 Å². The molecule has 0 aliphatic heterocycles. The van der Waals surface area contributed by atoms with Crippen molar-refractivity contribution in [3.8, 4) is 23.0 Å². The highest BCUT2D eigenvalue weighted by Gasteiger charge is 2.22. The molecular weight excluding hydrogens is 548 g/mol. The summed E-state index contributed by atoms with van der Waals surface area (Å²) in [7, 11) is 0. The number of aliphatic imine (C=N–C) groups is 1. The van der Waals surface area contributed by atoms with Crippen LogP contribution in [0.4, 0.5) is 0 Å². The lowest BCUT2D eigenvalue weighted by Gasteiger charge is -2.24. The minimum atomic E-state index is -0.221. The Kier molecular flexibility index (Phi) is 10.7. The molecule has 0 spiro atoms. The summed E-state index contributed by atoms with van der Waals surface area (Å²) in [6.45, 7) is 17.0. The van der Waals surface area contributed by atoms with E-state index in [1.165, 1.54) is 0 Å². The van der Waals surface area contributed by atoms with Crippen LogP contribution in [0.15, 0.2) is 87.6 Å². The van der Waals surface area contributed by atoms with Crippen molar-refractivity contribution in [2.24, 2.45) is 10.9 Å². The van der Waals surface area contributed by atoms with Gasteiger partial charge < -0.3 is 19.4 Å². The van der Waals surface area contributed by atoms with E-state index in [0.717, 1.165) is 76.1 Å². The first-order chi connectivity index (χ1) is 21.0. The maximum Gasteiger partial charge on any atom is 0.227 e. The summed E-state index contributed by atoms with van der Waals surface area (Å²) in [6, 6.07) is 17.4. The number of rotatable bonds is 14. The summed E-state index contributed by atoms with van der Waals surface area (Å²) < 4.78 is 12.4. The van der Waals surface area contributed by atoms with Gasteiger partial charge in [0, 0.05) is 12.0 Å². The molecule has 0 bridgehead atoms. The molecule has 2 N–H and O–H groups in total. The molecule has 0 atom stereocenters. The minimum Gasteiger partial charge on any atom is -0.508 e. The molecule has 232 valence electrons. The molecule has 0 amide bonds. The van der Waals surface area contributed by atoms with Crippen LogP contribution < -0.4 is 0 Å². The van der Waals surface area contributed by atoms with E-state index in [9.17, 15) is 10.2 Å². The molecule has 3 aromatic carbocycles. The number of oxazole rings is 1. The van der Waals surface area contributed by atoms with Gasteiger partial charge in [-0.25, -0.2) is 4.98 Å². The van der Waals surface area contributed by atoms with Crippen molar-refractivity contribution in [1.29, 1.82) is 0 Å². The van der Waals surface area contributed by atoms with Gasteiger partial charge in [-0.05, 0) is 109 Å². The van der Waals surface area contributed by atoms with Gasteiger partial charge in [0.15, 0.2) is 5.58 Å². The van der Waals surface area contributed by atoms with E-state index in [2.05, 4.69) is 70.6 Å². The molecule has 0 saturated heterocycles. The highest BCUT2D eigenvalue weighted by atomic mass is 16.5. The smallest absolute Gasteiger partial charge is 0.227 e. The Morgan fingerprint density at radius 3 is 2.52 bits per heavy atom. The van der Waals surface area contributed by atoms with Crippen LogP contribution >= 0.6 is 0 Å². The number of allylic oxidation sites excluding steroid dienone is 2. The number of aromatic hydroxyl groups is 2. The predicted octanol–water partition coefficient (Wildman–Crippen LogP) is 9.61. The normalized spacial score (nSPS) is 12.7. The summed E-state index contributed by atoms with van der Waals surface area (Å²) in [4.78, 5) is 9.16. The standard InChI is InChI=1S/C38H46N2O4/c1-8-9-10-28-23-29(12-15-34(28)42)37-40-32-24-30(13-16-35(32)44-37)38(5,6)19-17-31(39-7)36(21-25(2)3)43-20-18-27-11-14-33(41)26(4)22-27/h11-17,21-25,41-42H,7-10,18-20H2,1-6H3/b31-17+,36-21+. The van der Waals surface area contributed by atoms with Gasteiger partial charge in [0.05, 0.1) is 12.3 Å². The first-order valence-corrected chi connectivity index (χ1v) is 15.5. The van der Waals surface area contributed by atoms with Crippen molar-refractivity contribution in [3.05, 3.63) is 100 Å². The zero-order valence-electron chi connectivity index (χ0n) is 27.0. The first kappa shape index (κ1) is 32.6. The van der Waals surface area contributed by atoms with E-state index in [1.807, 2.05) is 37.3 Å². The molecule has 1 aromatic heterocycles. The second-order valence-electron chi connectivity index (χ2n) is 12.5. The highest BCUT2D eigenvalue weighted by Crippen LogP contribution is 2.34. The summed E-state index contributed by atoms with van der Waals surface area (Å²) in [5, 5.41) is 20.1. The van der Waals surface area contributed by atoms with Gasteiger partial charge in [0.25, 0.3) is 0 Å². The van der Waals surface area contributed by atoms with E-state index in [-0.39, 0.29) is 11.3 Å². The van der Waals surface area contributed by atoms with Crippen LogP contribution in [0.1, 0.15) is 76.1 Å². The van der Waals surface area contributed by atoms with Crippen LogP contribution in [0.25, 0.3) is 22.6 Å². The van der Waals surface area contributed by atoms with Gasteiger partial charge in [-0.1, -0.05) is 65.3 Å². The number of nitrogens with zero attached hydrogens (tertiary/aromatic N) is 2. The number of ether oxygens (including phenoxy) is 1. The van der Waals surface area contributed by atoms with Gasteiger partial charge in [0.2, 0.25) is 5.89 Å². The van der Waals surface area contributed by atoms with E-state index in [0.29, 0.717) is 30.4 Å². The van der Waals surface area contributed by atoms with Gasteiger partial charge in [-0.2, -0.15) is 0 Å². The van der Waals surface area contributed by atoms with Gasteiger partial charge >= 0.3 is 0 Å². The third-order valence-electron chi connectivity index (χ3n) is 7.92. The summed E-state index contributed by atoms with van der Waals surface area (Å²) in [5.74, 6) is 2.17. The molecule has 44 heavy (non-hydrogen) atoms. The lowest BCUT2D eigenvalue weighted by Crippen LogP contribution is -2.16. The number of fused-ring (bicyclic) bond motifs is 1. The number of phenols is 2. The number of hydrogen-bond acceptors (Lipinski definition) is 6. The van der Waals surface area contributed by atoms with Crippen molar-refractivity contribution in [3.63, 3.8) is 0 Å². The highest BCUT2D eigenvalue weighted by molar-refractivity contribution is 5.77. The van der Waals surface area contributed by atoms with Crippen molar-refractivity contribution in [1.82, 2.24) is 4.98 Å². The van der Waals surface area contributed by atoms with Crippen LogP contribution in [0.5, 0.6) is 11.5 Å². The largest absolute Gasteiger partial charge is 0.508 e. The molecule has 0 radical (unpaired) electrons. The van der Waals surface area contributed by atoms with Crippen LogP contribution in [0.3, 0.4) is 0 Å². The molecule has 1 heterocycles. The average Bonchev–Trinajstić information content (AvgIpc) is 3.42. The molecule has 0 unspecified atom stereocenters. The Labute approximate surface area is 261 Å². The van der Waals surface area contributed by atoms with E-state index in [4.69, 9.17) is 14.1 Å². The van der Waals surface area contributed by atoms with Crippen molar-refractivity contribution in [2.75, 3.05) is 6.61 Å². The molecule has 6 nitrogen and oxygen atoms in total. The summed E-state index contributed by atoms with van der Waals surface area (Å²) in [5.41, 5.74) is 6.91. The number of aryl methyl sites for hydroxylation is 2. The maximum absolute atomic E-state index is 10.3. The van der Waals surface area contributed by atoms with E-state index in [1.54, 1.807) is 12.1 Å². The number of aromatic nitrogens is 1. The fourth-order valence-corrected chi connectivity index (χ4v) is 5.13. The Morgan fingerprint density at radius 2 is 1.82 bits per heavy atom. The maximum atomic E-state index is 10.3.